The molecule has 0 spiro atoms. The topological polar surface area (TPSA) is 102 Å². The summed E-state index contributed by atoms with van der Waals surface area (Å²) in [5, 5.41) is 14.1. The number of rotatable bonds is 3. The van der Waals surface area contributed by atoms with E-state index in [4.69, 9.17) is 4.74 Å². The molecule has 0 bridgehead atoms. The van der Waals surface area contributed by atoms with E-state index in [2.05, 4.69) is 20.6 Å². The maximum atomic E-state index is 12.4. The van der Waals surface area contributed by atoms with Crippen molar-refractivity contribution in [3.63, 3.8) is 0 Å². The van der Waals surface area contributed by atoms with Crippen LogP contribution in [-0.4, -0.2) is 45.1 Å². The lowest BCUT2D eigenvalue weighted by Gasteiger charge is -2.20. The molecule has 2 aliphatic rings. The van der Waals surface area contributed by atoms with E-state index in [9.17, 15) is 9.59 Å². The second-order valence-electron chi connectivity index (χ2n) is 6.37. The largest absolute Gasteiger partial charge is 0.377 e. The number of fused-ring (bicyclic) bond motifs is 1. The summed E-state index contributed by atoms with van der Waals surface area (Å²) in [7, 11) is 0. The highest BCUT2D eigenvalue weighted by atomic mass is 16.5. The maximum absolute atomic E-state index is 12.4. The summed E-state index contributed by atoms with van der Waals surface area (Å²) >= 11 is 0. The zero-order chi connectivity index (χ0) is 16.7. The molecule has 4 rings (SSSR count). The van der Waals surface area contributed by atoms with Gasteiger partial charge in [-0.25, -0.2) is 4.68 Å². The van der Waals surface area contributed by atoms with Gasteiger partial charge in [-0.15, -0.1) is 0 Å². The van der Waals surface area contributed by atoms with E-state index in [-0.39, 0.29) is 23.6 Å². The first-order chi connectivity index (χ1) is 11.6. The van der Waals surface area contributed by atoms with Gasteiger partial charge >= 0.3 is 0 Å². The fourth-order valence-corrected chi connectivity index (χ4v) is 3.35. The Morgan fingerprint density at radius 1 is 1.38 bits per heavy atom. The predicted molar refractivity (Wildman–Crippen MR) is 85.0 cm³/mol. The van der Waals surface area contributed by atoms with Crippen molar-refractivity contribution in [3.8, 4) is 0 Å². The number of carbonyl (C=O) groups excluding carboxylic acids is 1. The number of amides is 1. The van der Waals surface area contributed by atoms with Gasteiger partial charge in [0, 0.05) is 11.8 Å². The number of ether oxygens (including phenoxy) is 1. The quantitative estimate of drug-likeness (QED) is 0.833. The number of aromatic nitrogens is 4. The highest BCUT2D eigenvalue weighted by Gasteiger charge is 2.33. The van der Waals surface area contributed by atoms with Crippen LogP contribution >= 0.6 is 0 Å². The monoisotopic (exact) mass is 329 g/mol. The van der Waals surface area contributed by atoms with Crippen molar-refractivity contribution in [2.24, 2.45) is 0 Å². The van der Waals surface area contributed by atoms with E-state index in [1.165, 1.54) is 4.68 Å². The Bertz CT molecular complexity index is 840. The lowest BCUT2D eigenvalue weighted by atomic mass is 10.1. The molecule has 0 aromatic carbocycles. The molecule has 2 N–H and O–H groups in total. The first-order valence-electron chi connectivity index (χ1n) is 8.14. The number of nitrogens with one attached hydrogen (secondary N) is 2. The Balaban J connectivity index is 1.57. The minimum absolute atomic E-state index is 0.138. The summed E-state index contributed by atoms with van der Waals surface area (Å²) in [6, 6.07) is 2.75. The number of carbonyl (C=O) groups is 1. The molecule has 0 radical (unpaired) electrons. The van der Waals surface area contributed by atoms with E-state index < -0.39 is 0 Å². The van der Waals surface area contributed by atoms with Crippen LogP contribution in [0.1, 0.15) is 39.9 Å². The lowest BCUT2D eigenvalue weighted by molar-refractivity contribution is 0.0919. The molecule has 2 aromatic rings. The molecule has 2 aromatic heterocycles. The average Bonchev–Trinajstić information content (AvgIpc) is 3.27. The third-order valence-corrected chi connectivity index (χ3v) is 4.60. The fourth-order valence-electron chi connectivity index (χ4n) is 3.35. The standard InChI is InChI=1S/C16H19N5O3/c1-9-5-12(19-18-9)16(23)17-13-7-24-8-14(13)21-15(22)6-10-3-2-4-11(10)20-21/h5-6,13-14H,2-4,7-8H2,1H3,(H,17,23)(H,18,19). The molecule has 2 unspecified atom stereocenters. The van der Waals surface area contributed by atoms with Crippen LogP contribution in [0.15, 0.2) is 16.9 Å². The third-order valence-electron chi connectivity index (χ3n) is 4.60. The highest BCUT2D eigenvalue weighted by molar-refractivity contribution is 5.92. The predicted octanol–water partition coefficient (Wildman–Crippen LogP) is 0.133. The lowest BCUT2D eigenvalue weighted by Crippen LogP contribution is -2.44. The van der Waals surface area contributed by atoms with Crippen LogP contribution in [0.3, 0.4) is 0 Å². The van der Waals surface area contributed by atoms with Crippen molar-refractivity contribution < 1.29 is 9.53 Å². The first-order valence-corrected chi connectivity index (χ1v) is 8.14. The number of aromatic amines is 1. The molecule has 1 saturated heterocycles. The van der Waals surface area contributed by atoms with E-state index in [0.717, 1.165) is 36.2 Å². The Kier molecular flexibility index (Phi) is 3.68. The van der Waals surface area contributed by atoms with Gasteiger partial charge in [-0.3, -0.25) is 14.7 Å². The summed E-state index contributed by atoms with van der Waals surface area (Å²) in [5.74, 6) is -0.283. The third kappa shape index (κ3) is 2.62. The molecule has 1 fully saturated rings. The number of H-pyrrole nitrogens is 1. The Labute approximate surface area is 138 Å². The van der Waals surface area contributed by atoms with Gasteiger partial charge in [0.05, 0.1) is 24.9 Å². The summed E-state index contributed by atoms with van der Waals surface area (Å²) in [6.07, 6.45) is 2.84. The van der Waals surface area contributed by atoms with E-state index in [1.54, 1.807) is 12.1 Å². The van der Waals surface area contributed by atoms with Gasteiger partial charge in [-0.2, -0.15) is 10.2 Å². The fraction of sp³-hybridized carbons (Fsp3) is 0.500. The van der Waals surface area contributed by atoms with E-state index >= 15 is 0 Å². The summed E-state index contributed by atoms with van der Waals surface area (Å²) in [4.78, 5) is 24.7. The van der Waals surface area contributed by atoms with Crippen LogP contribution in [0.5, 0.6) is 0 Å². The summed E-state index contributed by atoms with van der Waals surface area (Å²) in [5.41, 5.74) is 3.03. The van der Waals surface area contributed by atoms with Crippen molar-refractivity contribution >= 4 is 5.91 Å². The average molecular weight is 329 g/mol. The molecule has 0 saturated carbocycles. The van der Waals surface area contributed by atoms with Crippen molar-refractivity contribution in [1.29, 1.82) is 0 Å². The minimum Gasteiger partial charge on any atom is -0.377 e. The van der Waals surface area contributed by atoms with Gasteiger partial charge in [-0.05, 0) is 37.8 Å². The van der Waals surface area contributed by atoms with Gasteiger partial charge in [0.15, 0.2) is 0 Å². The van der Waals surface area contributed by atoms with Crippen LogP contribution in [0, 0.1) is 6.92 Å². The Morgan fingerprint density at radius 2 is 2.25 bits per heavy atom. The molecule has 8 heteroatoms. The molecular weight excluding hydrogens is 310 g/mol. The Hall–Kier alpha value is -2.48. The molecule has 3 heterocycles. The minimum atomic E-state index is -0.306. The molecular formula is C16H19N5O3. The van der Waals surface area contributed by atoms with Crippen LogP contribution in [0.4, 0.5) is 0 Å². The molecule has 24 heavy (non-hydrogen) atoms. The maximum Gasteiger partial charge on any atom is 0.272 e. The molecule has 2 atom stereocenters. The van der Waals surface area contributed by atoms with Crippen molar-refractivity contribution in [1.82, 2.24) is 25.3 Å². The van der Waals surface area contributed by atoms with Crippen molar-refractivity contribution in [3.05, 3.63) is 45.1 Å². The smallest absolute Gasteiger partial charge is 0.272 e. The molecule has 8 nitrogen and oxygen atoms in total. The second-order valence-corrected chi connectivity index (χ2v) is 6.37. The SMILES string of the molecule is Cc1cc(C(=O)NC2COCC2n2nc3c(cc2=O)CCC3)n[nH]1. The van der Waals surface area contributed by atoms with Gasteiger partial charge < -0.3 is 10.1 Å². The zero-order valence-electron chi connectivity index (χ0n) is 13.4. The molecule has 1 aliphatic heterocycles. The van der Waals surface area contributed by atoms with Crippen LogP contribution < -0.4 is 10.9 Å². The van der Waals surface area contributed by atoms with Crippen LogP contribution in [0.2, 0.25) is 0 Å². The molecule has 1 amide bonds. The number of aryl methyl sites for hydroxylation is 3. The van der Waals surface area contributed by atoms with Crippen molar-refractivity contribution in [2.75, 3.05) is 13.2 Å². The molecule has 126 valence electrons. The van der Waals surface area contributed by atoms with E-state index in [0.29, 0.717) is 18.9 Å². The van der Waals surface area contributed by atoms with Crippen LogP contribution in [0.25, 0.3) is 0 Å². The number of hydrogen-bond donors (Lipinski definition) is 2. The van der Waals surface area contributed by atoms with E-state index in [1.807, 2.05) is 6.92 Å². The second kappa shape index (κ2) is 5.86. The number of nitrogens with zero attached hydrogens (tertiary/aromatic N) is 3. The normalized spacial score (nSPS) is 22.5. The van der Waals surface area contributed by atoms with Gasteiger partial charge in [0.2, 0.25) is 0 Å². The van der Waals surface area contributed by atoms with Crippen LogP contribution in [-0.2, 0) is 17.6 Å². The first kappa shape index (κ1) is 15.1. The molecule has 1 aliphatic carbocycles. The van der Waals surface area contributed by atoms with Gasteiger partial charge in [0.25, 0.3) is 11.5 Å². The van der Waals surface area contributed by atoms with Gasteiger partial charge in [0.1, 0.15) is 11.7 Å². The zero-order valence-corrected chi connectivity index (χ0v) is 13.4. The van der Waals surface area contributed by atoms with Gasteiger partial charge in [-0.1, -0.05) is 0 Å². The Morgan fingerprint density at radius 3 is 3.04 bits per heavy atom. The van der Waals surface area contributed by atoms with Crippen molar-refractivity contribution in [2.45, 2.75) is 38.3 Å². The summed E-state index contributed by atoms with van der Waals surface area (Å²) in [6.45, 7) is 2.54. The highest BCUT2D eigenvalue weighted by Crippen LogP contribution is 2.21. The number of hydrogen-bond acceptors (Lipinski definition) is 5. The summed E-state index contributed by atoms with van der Waals surface area (Å²) < 4.78 is 6.97.